The van der Waals surface area contributed by atoms with Gasteiger partial charge < -0.3 is 25.3 Å². The quantitative estimate of drug-likeness (QED) is 0.756. The van der Waals surface area contributed by atoms with Crippen LogP contribution in [0.1, 0.15) is 12.8 Å². The number of hydrogen-bond acceptors (Lipinski definition) is 5. The van der Waals surface area contributed by atoms with E-state index in [1.807, 2.05) is 0 Å². The third-order valence-electron chi connectivity index (χ3n) is 3.57. The molecule has 1 fully saturated rings. The van der Waals surface area contributed by atoms with Gasteiger partial charge in [0.05, 0.1) is 11.6 Å². The Hall–Kier alpha value is -1.05. The number of nitrogens with two attached hydrogens (primary N) is 1. The monoisotopic (exact) mass is 364 g/mol. The SMILES string of the molecule is COCCOc1ccc(NC(=O)C2(N)CCOCC2)cc1Cl.Cl. The molecule has 0 aromatic heterocycles. The van der Waals surface area contributed by atoms with E-state index in [9.17, 15) is 4.79 Å². The largest absolute Gasteiger partial charge is 0.490 e. The molecule has 0 spiro atoms. The van der Waals surface area contributed by atoms with Gasteiger partial charge in [-0.3, -0.25) is 4.79 Å². The maximum atomic E-state index is 12.3. The Morgan fingerprint density at radius 2 is 2.09 bits per heavy atom. The van der Waals surface area contributed by atoms with E-state index in [1.165, 1.54) is 0 Å². The molecule has 1 aliphatic heterocycles. The number of anilines is 1. The van der Waals surface area contributed by atoms with E-state index >= 15 is 0 Å². The fourth-order valence-corrected chi connectivity index (χ4v) is 2.38. The summed E-state index contributed by atoms with van der Waals surface area (Å²) in [5, 5.41) is 3.23. The number of carbonyl (C=O) groups excluding carboxylic acids is 1. The molecular weight excluding hydrogens is 343 g/mol. The van der Waals surface area contributed by atoms with Crippen molar-refractivity contribution >= 4 is 35.6 Å². The lowest BCUT2D eigenvalue weighted by atomic mass is 9.90. The standard InChI is InChI=1S/C15H21ClN2O4.ClH/c1-20-8-9-22-13-3-2-11(10-12(13)16)18-14(19)15(17)4-6-21-7-5-15;/h2-3,10H,4-9,17H2,1H3,(H,18,19);1H. The van der Waals surface area contributed by atoms with Crippen LogP contribution in [0.15, 0.2) is 18.2 Å². The molecule has 0 aliphatic carbocycles. The third-order valence-corrected chi connectivity index (χ3v) is 3.87. The van der Waals surface area contributed by atoms with Crippen LogP contribution in [0.25, 0.3) is 0 Å². The van der Waals surface area contributed by atoms with Crippen LogP contribution in [0, 0.1) is 0 Å². The lowest BCUT2D eigenvalue weighted by Crippen LogP contribution is -2.54. The van der Waals surface area contributed by atoms with Gasteiger partial charge in [0.25, 0.3) is 0 Å². The highest BCUT2D eigenvalue weighted by molar-refractivity contribution is 6.32. The smallest absolute Gasteiger partial charge is 0.244 e. The van der Waals surface area contributed by atoms with Crippen LogP contribution in [0.3, 0.4) is 0 Å². The van der Waals surface area contributed by atoms with Gasteiger partial charge in [0.2, 0.25) is 5.91 Å². The molecule has 1 saturated heterocycles. The van der Waals surface area contributed by atoms with Crippen molar-refractivity contribution in [3.63, 3.8) is 0 Å². The minimum absolute atomic E-state index is 0. The molecule has 0 atom stereocenters. The summed E-state index contributed by atoms with van der Waals surface area (Å²) in [6.45, 7) is 1.88. The van der Waals surface area contributed by atoms with E-state index in [2.05, 4.69) is 5.32 Å². The summed E-state index contributed by atoms with van der Waals surface area (Å²) in [6.07, 6.45) is 1.01. The maximum Gasteiger partial charge on any atom is 0.244 e. The summed E-state index contributed by atoms with van der Waals surface area (Å²) < 4.78 is 15.6. The van der Waals surface area contributed by atoms with E-state index in [0.29, 0.717) is 55.7 Å². The van der Waals surface area contributed by atoms with Crippen molar-refractivity contribution < 1.29 is 19.0 Å². The van der Waals surface area contributed by atoms with Gasteiger partial charge in [0, 0.05) is 26.0 Å². The van der Waals surface area contributed by atoms with Gasteiger partial charge in [-0.2, -0.15) is 0 Å². The summed E-state index contributed by atoms with van der Waals surface area (Å²) in [5.74, 6) is 0.324. The molecule has 1 aromatic rings. The van der Waals surface area contributed by atoms with Gasteiger partial charge in [0.15, 0.2) is 0 Å². The molecule has 1 amide bonds. The zero-order valence-electron chi connectivity index (χ0n) is 13.0. The van der Waals surface area contributed by atoms with Crippen molar-refractivity contribution in [1.29, 1.82) is 0 Å². The van der Waals surface area contributed by atoms with Gasteiger partial charge in [-0.15, -0.1) is 12.4 Å². The molecule has 1 aromatic carbocycles. The van der Waals surface area contributed by atoms with Gasteiger partial charge >= 0.3 is 0 Å². The Bertz CT molecular complexity index is 522. The molecule has 8 heteroatoms. The highest BCUT2D eigenvalue weighted by Gasteiger charge is 2.35. The Balaban J connectivity index is 0.00000264. The number of amides is 1. The Morgan fingerprint density at radius 3 is 2.70 bits per heavy atom. The van der Waals surface area contributed by atoms with E-state index in [-0.39, 0.29) is 18.3 Å². The first-order chi connectivity index (χ1) is 10.5. The van der Waals surface area contributed by atoms with Crippen LogP contribution < -0.4 is 15.8 Å². The molecule has 0 bridgehead atoms. The van der Waals surface area contributed by atoms with E-state index < -0.39 is 5.54 Å². The van der Waals surface area contributed by atoms with Crippen LogP contribution in [0.5, 0.6) is 5.75 Å². The summed E-state index contributed by atoms with van der Waals surface area (Å²) in [6, 6.07) is 5.08. The van der Waals surface area contributed by atoms with Gasteiger partial charge in [-0.1, -0.05) is 11.6 Å². The van der Waals surface area contributed by atoms with Gasteiger partial charge in [0.1, 0.15) is 17.9 Å². The van der Waals surface area contributed by atoms with Crippen molar-refractivity contribution in [3.8, 4) is 5.75 Å². The Kier molecular flexibility index (Phi) is 8.08. The molecule has 3 N–H and O–H groups in total. The highest BCUT2D eigenvalue weighted by atomic mass is 35.5. The molecule has 1 heterocycles. The summed E-state index contributed by atoms with van der Waals surface area (Å²) >= 11 is 6.14. The number of hydrogen-bond donors (Lipinski definition) is 2. The minimum Gasteiger partial charge on any atom is -0.490 e. The summed E-state index contributed by atoms with van der Waals surface area (Å²) in [7, 11) is 1.60. The molecule has 130 valence electrons. The number of benzene rings is 1. The topological polar surface area (TPSA) is 82.8 Å². The number of halogens is 2. The van der Waals surface area contributed by atoms with Crippen molar-refractivity contribution in [2.45, 2.75) is 18.4 Å². The number of methoxy groups -OCH3 is 1. The number of nitrogens with one attached hydrogen (secondary N) is 1. The second kappa shape index (κ2) is 9.30. The fraction of sp³-hybridized carbons (Fsp3) is 0.533. The van der Waals surface area contributed by atoms with Crippen molar-refractivity contribution in [2.75, 3.05) is 38.9 Å². The average Bonchev–Trinajstić information content (AvgIpc) is 2.50. The van der Waals surface area contributed by atoms with Gasteiger partial charge in [-0.25, -0.2) is 0 Å². The zero-order valence-corrected chi connectivity index (χ0v) is 14.5. The molecule has 6 nitrogen and oxygen atoms in total. The second-order valence-corrected chi connectivity index (χ2v) is 5.62. The van der Waals surface area contributed by atoms with Crippen LogP contribution in [-0.4, -0.2) is 45.0 Å². The third kappa shape index (κ3) is 5.51. The molecule has 2 rings (SSSR count). The van der Waals surface area contributed by atoms with Crippen LogP contribution in [0.4, 0.5) is 5.69 Å². The van der Waals surface area contributed by atoms with E-state index in [0.717, 1.165) is 0 Å². The first-order valence-electron chi connectivity index (χ1n) is 7.14. The molecule has 0 unspecified atom stereocenters. The van der Waals surface area contributed by atoms with Crippen molar-refractivity contribution in [1.82, 2.24) is 0 Å². The van der Waals surface area contributed by atoms with Crippen LogP contribution in [0.2, 0.25) is 5.02 Å². The Labute approximate surface area is 147 Å². The number of carbonyl (C=O) groups is 1. The first kappa shape index (κ1) is 20.0. The maximum absolute atomic E-state index is 12.3. The predicted molar refractivity (Wildman–Crippen MR) is 91.7 cm³/mol. The molecule has 0 radical (unpaired) electrons. The molecule has 1 aliphatic rings. The van der Waals surface area contributed by atoms with Crippen LogP contribution >= 0.6 is 24.0 Å². The van der Waals surface area contributed by atoms with E-state index in [4.69, 9.17) is 31.5 Å². The molecular formula is C15H22Cl2N2O4. The molecule has 23 heavy (non-hydrogen) atoms. The molecule has 0 saturated carbocycles. The van der Waals surface area contributed by atoms with Gasteiger partial charge in [-0.05, 0) is 31.0 Å². The fourth-order valence-electron chi connectivity index (χ4n) is 2.15. The summed E-state index contributed by atoms with van der Waals surface area (Å²) in [5.41, 5.74) is 5.83. The second-order valence-electron chi connectivity index (χ2n) is 5.21. The van der Waals surface area contributed by atoms with Crippen molar-refractivity contribution in [2.24, 2.45) is 5.73 Å². The predicted octanol–water partition coefficient (Wildman–Crippen LogP) is 2.23. The minimum atomic E-state index is -0.891. The Morgan fingerprint density at radius 1 is 1.39 bits per heavy atom. The van der Waals surface area contributed by atoms with E-state index in [1.54, 1.807) is 25.3 Å². The first-order valence-corrected chi connectivity index (χ1v) is 7.52. The zero-order chi connectivity index (χ0) is 16.0. The average molecular weight is 365 g/mol. The lowest BCUT2D eigenvalue weighted by Gasteiger charge is -2.31. The number of rotatable bonds is 6. The lowest BCUT2D eigenvalue weighted by molar-refractivity contribution is -0.124. The normalized spacial score (nSPS) is 16.3. The van der Waals surface area contributed by atoms with Crippen molar-refractivity contribution in [3.05, 3.63) is 23.2 Å². The van der Waals surface area contributed by atoms with Crippen LogP contribution in [-0.2, 0) is 14.3 Å². The highest BCUT2D eigenvalue weighted by Crippen LogP contribution is 2.28. The summed E-state index contributed by atoms with van der Waals surface area (Å²) in [4.78, 5) is 12.3. The number of ether oxygens (including phenoxy) is 3.